The van der Waals surface area contributed by atoms with Crippen molar-refractivity contribution >= 4 is 35.2 Å². The lowest BCUT2D eigenvalue weighted by Crippen LogP contribution is -2.54. The first-order chi connectivity index (χ1) is 18.2. The summed E-state index contributed by atoms with van der Waals surface area (Å²) in [7, 11) is 0. The molecule has 0 saturated carbocycles. The van der Waals surface area contributed by atoms with Gasteiger partial charge in [-0.1, -0.05) is 24.6 Å². The van der Waals surface area contributed by atoms with E-state index >= 15 is 0 Å². The molecule has 2 aliphatic rings. The van der Waals surface area contributed by atoms with E-state index in [4.69, 9.17) is 0 Å². The molecule has 0 aromatic heterocycles. The van der Waals surface area contributed by atoms with Crippen LogP contribution in [0.3, 0.4) is 0 Å². The molecule has 9 heteroatoms. The monoisotopic (exact) mass is 518 g/mol. The van der Waals surface area contributed by atoms with Crippen LogP contribution in [0.4, 0.5) is 5.69 Å². The van der Waals surface area contributed by atoms with E-state index in [1.54, 1.807) is 18.2 Å². The average molecular weight is 519 g/mol. The maximum Gasteiger partial charge on any atom is 0.264 e. The number of benzene rings is 2. The van der Waals surface area contributed by atoms with Crippen LogP contribution in [0.25, 0.3) is 0 Å². The Morgan fingerprint density at radius 1 is 0.974 bits per heavy atom. The van der Waals surface area contributed by atoms with Crippen LogP contribution in [0.2, 0.25) is 0 Å². The Labute approximate surface area is 222 Å². The van der Waals surface area contributed by atoms with Crippen LogP contribution in [0.15, 0.2) is 30.3 Å². The fourth-order valence-corrected chi connectivity index (χ4v) is 4.96. The number of carbonyl (C=O) groups is 5. The number of nitrogens with one attached hydrogen (secondary N) is 3. The molecule has 1 atom stereocenters. The molecule has 3 N–H and O–H groups in total. The van der Waals surface area contributed by atoms with E-state index in [0.29, 0.717) is 25.2 Å². The second kappa shape index (κ2) is 11.6. The van der Waals surface area contributed by atoms with Crippen LogP contribution in [0, 0.1) is 20.8 Å². The summed E-state index contributed by atoms with van der Waals surface area (Å²) in [5.41, 5.74) is 5.88. The van der Waals surface area contributed by atoms with Gasteiger partial charge in [-0.05, 0) is 74.4 Å². The Balaban J connectivity index is 1.23. The first-order valence-corrected chi connectivity index (χ1v) is 13.1. The summed E-state index contributed by atoms with van der Waals surface area (Å²) in [6, 6.07) is 8.16. The normalized spacial score (nSPS) is 16.9. The van der Waals surface area contributed by atoms with Gasteiger partial charge in [-0.25, -0.2) is 0 Å². The molecule has 0 radical (unpaired) electrons. The highest BCUT2D eigenvalue weighted by molar-refractivity contribution is 6.25. The third-order valence-electron chi connectivity index (χ3n) is 7.51. The van der Waals surface area contributed by atoms with Gasteiger partial charge in [0.2, 0.25) is 17.7 Å². The van der Waals surface area contributed by atoms with Crippen molar-refractivity contribution in [3.63, 3.8) is 0 Å². The minimum atomic E-state index is -0.988. The van der Waals surface area contributed by atoms with Crippen LogP contribution in [0.1, 0.15) is 81.5 Å². The molecule has 1 fully saturated rings. The average Bonchev–Trinajstić information content (AvgIpc) is 3.14. The molecule has 9 nitrogen and oxygen atoms in total. The summed E-state index contributed by atoms with van der Waals surface area (Å²) in [4.78, 5) is 63.1. The Kier molecular flexibility index (Phi) is 8.24. The smallest absolute Gasteiger partial charge is 0.264 e. The molecule has 1 saturated heterocycles. The number of nitrogens with zero attached hydrogens (tertiary/aromatic N) is 1. The molecule has 0 bridgehead atoms. The summed E-state index contributed by atoms with van der Waals surface area (Å²) in [5, 5.41) is 8.44. The number of rotatable bonds is 10. The lowest BCUT2D eigenvalue weighted by atomic mass is 9.99. The highest BCUT2D eigenvalue weighted by Gasteiger charge is 2.45. The van der Waals surface area contributed by atoms with Gasteiger partial charge < -0.3 is 10.6 Å². The van der Waals surface area contributed by atoms with Crippen molar-refractivity contribution in [2.24, 2.45) is 0 Å². The maximum absolute atomic E-state index is 13.1. The van der Waals surface area contributed by atoms with Crippen molar-refractivity contribution < 1.29 is 24.0 Å². The number of hydrogen-bond acceptors (Lipinski definition) is 6. The minimum Gasteiger partial charge on any atom is -0.384 e. The lowest BCUT2D eigenvalue weighted by molar-refractivity contribution is -0.136. The van der Waals surface area contributed by atoms with E-state index in [1.165, 1.54) is 16.7 Å². The number of aryl methyl sites for hydroxylation is 1. The van der Waals surface area contributed by atoms with Crippen LogP contribution in [-0.4, -0.2) is 47.0 Å². The quantitative estimate of drug-likeness (QED) is 0.327. The number of piperidine rings is 1. The summed E-state index contributed by atoms with van der Waals surface area (Å²) in [6.07, 6.45) is 3.00. The SMILES string of the molecule is Cc1ccc(CNC(=O)CCCCCNc2cccc3c2C(=O)N(C2CCC(=O)NC2=O)C3=O)c(C)c1C. The Morgan fingerprint density at radius 2 is 1.76 bits per heavy atom. The van der Waals surface area contributed by atoms with Gasteiger partial charge in [0, 0.05) is 31.6 Å². The molecular weight excluding hydrogens is 484 g/mol. The Morgan fingerprint density at radius 3 is 2.53 bits per heavy atom. The van der Waals surface area contributed by atoms with Gasteiger partial charge >= 0.3 is 0 Å². The standard InChI is InChI=1S/C29H34N4O5/c1-17-11-12-20(19(3)18(17)2)16-31-24(34)10-5-4-6-15-30-22-9-7-8-21-26(22)29(38)33(28(21)37)23-13-14-25(35)32-27(23)36/h7-9,11-12,23,30H,4-6,10,13-16H2,1-3H3,(H,31,34)(H,32,35,36). The second-order valence-corrected chi connectivity index (χ2v) is 9.98. The second-order valence-electron chi connectivity index (χ2n) is 9.98. The first-order valence-electron chi connectivity index (χ1n) is 13.1. The van der Waals surface area contributed by atoms with Crippen molar-refractivity contribution in [3.8, 4) is 0 Å². The zero-order valence-corrected chi connectivity index (χ0v) is 22.1. The molecular formula is C29H34N4O5. The maximum atomic E-state index is 13.1. The molecule has 2 aromatic carbocycles. The van der Waals surface area contributed by atoms with Crippen LogP contribution in [0.5, 0.6) is 0 Å². The molecule has 0 spiro atoms. The zero-order chi connectivity index (χ0) is 27.4. The van der Waals surface area contributed by atoms with Crippen LogP contribution >= 0.6 is 0 Å². The molecule has 2 aromatic rings. The van der Waals surface area contributed by atoms with Gasteiger partial charge in [-0.15, -0.1) is 0 Å². The molecule has 0 aliphatic carbocycles. The van der Waals surface area contributed by atoms with Gasteiger partial charge in [0.15, 0.2) is 0 Å². The molecule has 200 valence electrons. The van der Waals surface area contributed by atoms with Gasteiger partial charge in [0.25, 0.3) is 11.8 Å². The largest absolute Gasteiger partial charge is 0.384 e. The summed E-state index contributed by atoms with van der Waals surface area (Å²) >= 11 is 0. The minimum absolute atomic E-state index is 0.0223. The first kappa shape index (κ1) is 27.0. The van der Waals surface area contributed by atoms with E-state index in [0.717, 1.165) is 29.7 Å². The fourth-order valence-electron chi connectivity index (χ4n) is 4.96. The Bertz CT molecular complexity index is 1300. The summed E-state index contributed by atoms with van der Waals surface area (Å²) < 4.78 is 0. The fraction of sp³-hybridized carbons (Fsp3) is 0.414. The molecule has 38 heavy (non-hydrogen) atoms. The molecule has 2 heterocycles. The van der Waals surface area contributed by atoms with E-state index < -0.39 is 29.7 Å². The van der Waals surface area contributed by atoms with E-state index in [9.17, 15) is 24.0 Å². The molecule has 2 aliphatic heterocycles. The van der Waals surface area contributed by atoms with Gasteiger partial charge in [0.05, 0.1) is 11.1 Å². The number of unbranched alkanes of at least 4 members (excludes halogenated alkanes) is 2. The summed E-state index contributed by atoms with van der Waals surface area (Å²) in [5.74, 6) is -2.06. The van der Waals surface area contributed by atoms with Crippen molar-refractivity contribution in [2.75, 3.05) is 11.9 Å². The van der Waals surface area contributed by atoms with Crippen molar-refractivity contribution in [3.05, 3.63) is 63.7 Å². The van der Waals surface area contributed by atoms with Crippen molar-refractivity contribution in [1.29, 1.82) is 0 Å². The predicted octanol–water partition coefficient (Wildman–Crippen LogP) is 3.30. The topological polar surface area (TPSA) is 125 Å². The number of carbonyl (C=O) groups excluding carboxylic acids is 5. The number of amides is 5. The van der Waals surface area contributed by atoms with Crippen LogP contribution < -0.4 is 16.0 Å². The zero-order valence-electron chi connectivity index (χ0n) is 22.1. The van der Waals surface area contributed by atoms with Gasteiger partial charge in [0.1, 0.15) is 6.04 Å². The van der Waals surface area contributed by atoms with Crippen molar-refractivity contribution in [1.82, 2.24) is 15.5 Å². The number of anilines is 1. The number of fused-ring (bicyclic) bond motifs is 1. The lowest BCUT2D eigenvalue weighted by Gasteiger charge is -2.27. The van der Waals surface area contributed by atoms with E-state index in [1.807, 2.05) is 0 Å². The third kappa shape index (κ3) is 5.61. The number of hydrogen-bond donors (Lipinski definition) is 3. The Hall–Kier alpha value is -4.01. The van der Waals surface area contributed by atoms with E-state index in [-0.39, 0.29) is 29.9 Å². The van der Waals surface area contributed by atoms with Crippen LogP contribution in [-0.2, 0) is 20.9 Å². The number of imide groups is 2. The third-order valence-corrected chi connectivity index (χ3v) is 7.51. The van der Waals surface area contributed by atoms with Gasteiger partial charge in [-0.3, -0.25) is 34.2 Å². The van der Waals surface area contributed by atoms with Crippen molar-refractivity contribution in [2.45, 2.75) is 71.9 Å². The molecule has 4 rings (SSSR count). The molecule has 1 unspecified atom stereocenters. The predicted molar refractivity (Wildman–Crippen MR) is 143 cm³/mol. The highest BCUT2D eigenvalue weighted by atomic mass is 16.2. The highest BCUT2D eigenvalue weighted by Crippen LogP contribution is 2.32. The molecule has 5 amide bonds. The van der Waals surface area contributed by atoms with E-state index in [2.05, 4.69) is 48.9 Å². The summed E-state index contributed by atoms with van der Waals surface area (Å²) in [6.45, 7) is 7.35. The van der Waals surface area contributed by atoms with Gasteiger partial charge in [-0.2, -0.15) is 0 Å².